The third kappa shape index (κ3) is 1.57. The Morgan fingerprint density at radius 2 is 2.31 bits per heavy atom. The second-order valence-corrected chi connectivity index (χ2v) is 2.67. The minimum atomic E-state index is -0.234. The Morgan fingerprint density at radius 3 is 2.92 bits per heavy atom. The van der Waals surface area contributed by atoms with Crippen molar-refractivity contribution in [3.8, 4) is 0 Å². The van der Waals surface area contributed by atoms with E-state index in [4.69, 9.17) is 10.2 Å². The predicted octanol–water partition coefficient (Wildman–Crippen LogP) is 1.12. The Labute approximate surface area is 75.4 Å². The van der Waals surface area contributed by atoms with E-state index in [1.54, 1.807) is 24.8 Å². The summed E-state index contributed by atoms with van der Waals surface area (Å²) >= 11 is 0. The molecule has 0 saturated heterocycles. The van der Waals surface area contributed by atoms with Crippen LogP contribution in [-0.2, 0) is 0 Å². The fourth-order valence-corrected chi connectivity index (χ4v) is 1.11. The van der Waals surface area contributed by atoms with Crippen molar-refractivity contribution in [3.63, 3.8) is 0 Å². The lowest BCUT2D eigenvalue weighted by Crippen LogP contribution is -2.12. The van der Waals surface area contributed by atoms with E-state index in [1.807, 2.05) is 6.07 Å². The summed E-state index contributed by atoms with van der Waals surface area (Å²) in [5.74, 6) is 0. The summed E-state index contributed by atoms with van der Waals surface area (Å²) in [6.07, 6.45) is 6.36. The zero-order valence-electron chi connectivity index (χ0n) is 6.92. The van der Waals surface area contributed by atoms with Crippen LogP contribution < -0.4 is 5.73 Å². The SMILES string of the molecule is NC(c1ccoc1)c1ccncn1. The first kappa shape index (κ1) is 7.94. The zero-order valence-corrected chi connectivity index (χ0v) is 6.92. The number of nitrogens with zero attached hydrogens (tertiary/aromatic N) is 2. The molecule has 4 nitrogen and oxygen atoms in total. The van der Waals surface area contributed by atoms with Crippen molar-refractivity contribution >= 4 is 0 Å². The van der Waals surface area contributed by atoms with E-state index in [9.17, 15) is 0 Å². The van der Waals surface area contributed by atoms with E-state index in [2.05, 4.69) is 9.97 Å². The summed E-state index contributed by atoms with van der Waals surface area (Å²) in [5.41, 5.74) is 7.61. The van der Waals surface area contributed by atoms with Gasteiger partial charge in [-0.3, -0.25) is 0 Å². The van der Waals surface area contributed by atoms with Gasteiger partial charge in [0, 0.05) is 11.8 Å². The van der Waals surface area contributed by atoms with Gasteiger partial charge in [-0.15, -0.1) is 0 Å². The second-order valence-electron chi connectivity index (χ2n) is 2.67. The molecule has 0 aliphatic rings. The predicted molar refractivity (Wildman–Crippen MR) is 46.8 cm³/mol. The first-order valence-electron chi connectivity index (χ1n) is 3.91. The summed E-state index contributed by atoms with van der Waals surface area (Å²) in [5, 5.41) is 0. The van der Waals surface area contributed by atoms with Gasteiger partial charge in [0.1, 0.15) is 6.33 Å². The molecule has 1 atom stereocenters. The lowest BCUT2D eigenvalue weighted by molar-refractivity contribution is 0.561. The van der Waals surface area contributed by atoms with Crippen LogP contribution in [0.15, 0.2) is 41.6 Å². The van der Waals surface area contributed by atoms with Gasteiger partial charge in [0.05, 0.1) is 24.3 Å². The van der Waals surface area contributed by atoms with Crippen molar-refractivity contribution in [2.45, 2.75) is 6.04 Å². The fraction of sp³-hybridized carbons (Fsp3) is 0.111. The van der Waals surface area contributed by atoms with E-state index in [0.717, 1.165) is 11.3 Å². The number of aromatic nitrogens is 2. The maximum Gasteiger partial charge on any atom is 0.115 e. The quantitative estimate of drug-likeness (QED) is 0.742. The molecule has 13 heavy (non-hydrogen) atoms. The van der Waals surface area contributed by atoms with Crippen molar-refractivity contribution in [1.29, 1.82) is 0 Å². The molecule has 2 aromatic rings. The van der Waals surface area contributed by atoms with Gasteiger partial charge in [0.15, 0.2) is 0 Å². The molecule has 2 rings (SSSR count). The lowest BCUT2D eigenvalue weighted by atomic mass is 10.1. The van der Waals surface area contributed by atoms with Crippen molar-refractivity contribution < 1.29 is 4.42 Å². The molecular weight excluding hydrogens is 166 g/mol. The van der Waals surface area contributed by atoms with Crippen molar-refractivity contribution in [1.82, 2.24) is 9.97 Å². The number of nitrogens with two attached hydrogens (primary N) is 1. The molecule has 2 aromatic heterocycles. The molecule has 0 spiro atoms. The smallest absolute Gasteiger partial charge is 0.115 e. The Morgan fingerprint density at radius 1 is 1.38 bits per heavy atom. The van der Waals surface area contributed by atoms with Crippen molar-refractivity contribution in [2.24, 2.45) is 5.73 Å². The number of hydrogen-bond donors (Lipinski definition) is 1. The van der Waals surface area contributed by atoms with Crippen LogP contribution in [0.1, 0.15) is 17.3 Å². The maximum atomic E-state index is 5.91. The minimum absolute atomic E-state index is 0.234. The molecule has 4 heteroatoms. The molecule has 0 amide bonds. The van der Waals surface area contributed by atoms with Gasteiger partial charge >= 0.3 is 0 Å². The maximum absolute atomic E-state index is 5.91. The molecule has 0 radical (unpaired) electrons. The van der Waals surface area contributed by atoms with Crippen LogP contribution in [0.4, 0.5) is 0 Å². The molecule has 0 aliphatic heterocycles. The Hall–Kier alpha value is -1.68. The molecule has 0 aromatic carbocycles. The number of hydrogen-bond acceptors (Lipinski definition) is 4. The van der Waals surface area contributed by atoms with Crippen LogP contribution in [0.3, 0.4) is 0 Å². The highest BCUT2D eigenvalue weighted by molar-refractivity contribution is 5.21. The molecule has 66 valence electrons. The second kappa shape index (κ2) is 3.37. The molecule has 0 saturated carbocycles. The van der Waals surface area contributed by atoms with Crippen LogP contribution in [-0.4, -0.2) is 9.97 Å². The van der Waals surface area contributed by atoms with Gasteiger partial charge in [0.2, 0.25) is 0 Å². The van der Waals surface area contributed by atoms with Crippen molar-refractivity contribution in [2.75, 3.05) is 0 Å². The van der Waals surface area contributed by atoms with Gasteiger partial charge in [-0.1, -0.05) is 0 Å². The first-order chi connectivity index (χ1) is 6.38. The van der Waals surface area contributed by atoms with E-state index in [0.29, 0.717) is 0 Å². The average Bonchev–Trinajstić information content (AvgIpc) is 2.71. The number of rotatable bonds is 2. The highest BCUT2D eigenvalue weighted by atomic mass is 16.3. The highest BCUT2D eigenvalue weighted by Gasteiger charge is 2.10. The standard InChI is InChI=1S/C9H9N3O/c10-9(7-2-4-13-5-7)8-1-3-11-6-12-8/h1-6,9H,10H2. The van der Waals surface area contributed by atoms with Crippen molar-refractivity contribution in [3.05, 3.63) is 48.4 Å². The molecule has 2 N–H and O–H groups in total. The minimum Gasteiger partial charge on any atom is -0.472 e. The molecule has 0 fully saturated rings. The Balaban J connectivity index is 2.29. The number of furan rings is 1. The Bertz CT molecular complexity index is 358. The first-order valence-corrected chi connectivity index (χ1v) is 3.91. The van der Waals surface area contributed by atoms with E-state index in [-0.39, 0.29) is 6.04 Å². The molecule has 1 unspecified atom stereocenters. The van der Waals surface area contributed by atoms with Gasteiger partial charge in [-0.2, -0.15) is 0 Å². The van der Waals surface area contributed by atoms with Crippen LogP contribution in [0, 0.1) is 0 Å². The Kier molecular flexibility index (Phi) is 2.06. The van der Waals surface area contributed by atoms with Gasteiger partial charge in [-0.25, -0.2) is 9.97 Å². The van der Waals surface area contributed by atoms with Crippen LogP contribution in [0.5, 0.6) is 0 Å². The summed E-state index contributed by atoms with van der Waals surface area (Å²) in [7, 11) is 0. The summed E-state index contributed by atoms with van der Waals surface area (Å²) in [6, 6.07) is 3.38. The zero-order chi connectivity index (χ0) is 9.10. The summed E-state index contributed by atoms with van der Waals surface area (Å²) in [4.78, 5) is 7.88. The lowest BCUT2D eigenvalue weighted by Gasteiger charge is -2.06. The molecule has 0 bridgehead atoms. The van der Waals surface area contributed by atoms with E-state index >= 15 is 0 Å². The monoisotopic (exact) mass is 175 g/mol. The topological polar surface area (TPSA) is 64.9 Å². The molecule has 2 heterocycles. The normalized spacial score (nSPS) is 12.7. The van der Waals surface area contributed by atoms with Crippen LogP contribution in [0.2, 0.25) is 0 Å². The van der Waals surface area contributed by atoms with Crippen LogP contribution in [0.25, 0.3) is 0 Å². The average molecular weight is 175 g/mol. The molecule has 0 aliphatic carbocycles. The third-order valence-electron chi connectivity index (χ3n) is 1.83. The van der Waals surface area contributed by atoms with E-state index < -0.39 is 0 Å². The van der Waals surface area contributed by atoms with Gasteiger partial charge in [0.25, 0.3) is 0 Å². The third-order valence-corrected chi connectivity index (χ3v) is 1.83. The van der Waals surface area contributed by atoms with E-state index in [1.165, 1.54) is 6.33 Å². The highest BCUT2D eigenvalue weighted by Crippen LogP contribution is 2.16. The van der Waals surface area contributed by atoms with Gasteiger partial charge < -0.3 is 10.2 Å². The fourth-order valence-electron chi connectivity index (χ4n) is 1.11. The van der Waals surface area contributed by atoms with Gasteiger partial charge in [-0.05, 0) is 12.1 Å². The van der Waals surface area contributed by atoms with Crippen LogP contribution >= 0.6 is 0 Å². The largest absolute Gasteiger partial charge is 0.472 e. The summed E-state index contributed by atoms with van der Waals surface area (Å²) < 4.78 is 4.93. The molecular formula is C9H9N3O. The summed E-state index contributed by atoms with van der Waals surface area (Å²) in [6.45, 7) is 0.